The summed E-state index contributed by atoms with van der Waals surface area (Å²) in [6, 6.07) is 12.0. The Kier molecular flexibility index (Phi) is 7.83. The molecule has 0 aliphatic rings. The predicted molar refractivity (Wildman–Crippen MR) is 105 cm³/mol. The van der Waals surface area contributed by atoms with E-state index >= 15 is 0 Å². The Labute approximate surface area is 163 Å². The number of hydrazone groups is 1. The van der Waals surface area contributed by atoms with Crippen molar-refractivity contribution in [2.45, 2.75) is 6.42 Å². The zero-order chi connectivity index (χ0) is 20.4. The molecule has 0 aliphatic heterocycles. The van der Waals surface area contributed by atoms with E-state index in [1.54, 1.807) is 63.8 Å². The van der Waals surface area contributed by atoms with E-state index in [4.69, 9.17) is 14.2 Å². The quantitative estimate of drug-likeness (QED) is 0.508. The fourth-order valence-corrected chi connectivity index (χ4v) is 2.30. The van der Waals surface area contributed by atoms with Crippen LogP contribution < -0.4 is 25.0 Å². The van der Waals surface area contributed by atoms with E-state index < -0.39 is 0 Å². The third kappa shape index (κ3) is 6.01. The average molecular weight is 385 g/mol. The van der Waals surface area contributed by atoms with Gasteiger partial charge < -0.3 is 19.5 Å². The molecule has 8 nitrogen and oxygen atoms in total. The Morgan fingerprint density at radius 3 is 2.32 bits per heavy atom. The molecule has 2 aromatic carbocycles. The highest BCUT2D eigenvalue weighted by molar-refractivity contribution is 5.94. The van der Waals surface area contributed by atoms with E-state index in [0.29, 0.717) is 22.8 Å². The first-order chi connectivity index (χ1) is 13.6. The Morgan fingerprint density at radius 2 is 1.68 bits per heavy atom. The van der Waals surface area contributed by atoms with E-state index in [0.717, 1.165) is 5.56 Å². The lowest BCUT2D eigenvalue weighted by Crippen LogP contribution is -2.29. The van der Waals surface area contributed by atoms with E-state index in [2.05, 4.69) is 15.8 Å². The first kappa shape index (κ1) is 20.8. The van der Waals surface area contributed by atoms with Gasteiger partial charge in [0.15, 0.2) is 11.5 Å². The van der Waals surface area contributed by atoms with Crippen molar-refractivity contribution in [3.05, 3.63) is 53.6 Å². The van der Waals surface area contributed by atoms with Gasteiger partial charge in [0.25, 0.3) is 5.91 Å². The zero-order valence-electron chi connectivity index (χ0n) is 16.0. The topological polar surface area (TPSA) is 98.2 Å². The fraction of sp³-hybridized carbons (Fsp3) is 0.250. The second-order valence-electron chi connectivity index (χ2n) is 5.64. The van der Waals surface area contributed by atoms with Crippen molar-refractivity contribution >= 4 is 18.0 Å². The number of hydrogen-bond acceptors (Lipinski definition) is 6. The van der Waals surface area contributed by atoms with E-state index in [9.17, 15) is 9.59 Å². The summed E-state index contributed by atoms with van der Waals surface area (Å²) in [4.78, 5) is 23.8. The lowest BCUT2D eigenvalue weighted by Gasteiger charge is -2.07. The van der Waals surface area contributed by atoms with E-state index in [-0.39, 0.29) is 24.8 Å². The monoisotopic (exact) mass is 385 g/mol. The smallest absolute Gasteiger partial charge is 0.251 e. The van der Waals surface area contributed by atoms with Crippen LogP contribution in [-0.2, 0) is 4.79 Å². The number of carbonyl (C=O) groups is 2. The minimum absolute atomic E-state index is 0.102. The number of rotatable bonds is 9. The van der Waals surface area contributed by atoms with E-state index in [1.807, 2.05) is 0 Å². The van der Waals surface area contributed by atoms with Gasteiger partial charge in [-0.1, -0.05) is 0 Å². The summed E-state index contributed by atoms with van der Waals surface area (Å²) in [5.41, 5.74) is 3.65. The Morgan fingerprint density at radius 1 is 0.964 bits per heavy atom. The zero-order valence-corrected chi connectivity index (χ0v) is 16.0. The summed E-state index contributed by atoms with van der Waals surface area (Å²) < 4.78 is 15.4. The highest BCUT2D eigenvalue weighted by Gasteiger charge is 2.07. The van der Waals surface area contributed by atoms with Gasteiger partial charge in [-0.3, -0.25) is 9.59 Å². The SMILES string of the molecule is COc1ccc(C(=O)NCCC(=O)NN=Cc2ccc(OC)c(OC)c2)cc1. The summed E-state index contributed by atoms with van der Waals surface area (Å²) in [5, 5.41) is 6.58. The van der Waals surface area contributed by atoms with Gasteiger partial charge in [0.2, 0.25) is 5.91 Å². The van der Waals surface area contributed by atoms with Crippen LogP contribution in [0.4, 0.5) is 0 Å². The molecule has 2 N–H and O–H groups in total. The molecule has 0 heterocycles. The second kappa shape index (κ2) is 10.6. The van der Waals surface area contributed by atoms with Crippen molar-refractivity contribution < 1.29 is 23.8 Å². The number of nitrogens with one attached hydrogen (secondary N) is 2. The standard InChI is InChI=1S/C20H23N3O5/c1-26-16-7-5-15(6-8-16)20(25)21-11-10-19(24)23-22-13-14-4-9-17(27-2)18(12-14)28-3/h4-9,12-13H,10-11H2,1-3H3,(H,21,25)(H,23,24). The average Bonchev–Trinajstić information content (AvgIpc) is 2.73. The number of benzene rings is 2. The molecule has 0 bridgehead atoms. The van der Waals surface area contributed by atoms with Crippen molar-refractivity contribution in [3.63, 3.8) is 0 Å². The van der Waals surface area contributed by atoms with Gasteiger partial charge in [0.05, 0.1) is 27.5 Å². The van der Waals surface area contributed by atoms with Crippen molar-refractivity contribution in [1.29, 1.82) is 0 Å². The van der Waals surface area contributed by atoms with Gasteiger partial charge in [-0.2, -0.15) is 5.10 Å². The molecule has 0 saturated carbocycles. The molecular formula is C20H23N3O5. The van der Waals surface area contributed by atoms with Crippen molar-refractivity contribution in [2.24, 2.45) is 5.10 Å². The van der Waals surface area contributed by atoms with Gasteiger partial charge in [0, 0.05) is 18.5 Å². The molecule has 148 valence electrons. The summed E-state index contributed by atoms with van der Waals surface area (Å²) in [6.45, 7) is 0.197. The molecule has 0 fully saturated rings. The third-order valence-corrected chi connectivity index (χ3v) is 3.80. The Balaban J connectivity index is 1.76. The van der Waals surface area contributed by atoms with Crippen LogP contribution in [0.2, 0.25) is 0 Å². The van der Waals surface area contributed by atoms with Gasteiger partial charge >= 0.3 is 0 Å². The van der Waals surface area contributed by atoms with Crippen LogP contribution in [-0.4, -0.2) is 45.9 Å². The van der Waals surface area contributed by atoms with Crippen LogP contribution in [0.1, 0.15) is 22.3 Å². The predicted octanol–water partition coefficient (Wildman–Crippen LogP) is 1.98. The maximum Gasteiger partial charge on any atom is 0.251 e. The Hall–Kier alpha value is -3.55. The van der Waals surface area contributed by atoms with Gasteiger partial charge in [-0.15, -0.1) is 0 Å². The molecule has 2 rings (SSSR count). The van der Waals surface area contributed by atoms with Gasteiger partial charge in [-0.05, 0) is 48.0 Å². The fourth-order valence-electron chi connectivity index (χ4n) is 2.30. The highest BCUT2D eigenvalue weighted by Crippen LogP contribution is 2.26. The third-order valence-electron chi connectivity index (χ3n) is 3.80. The first-order valence-electron chi connectivity index (χ1n) is 8.53. The summed E-state index contributed by atoms with van der Waals surface area (Å²) in [6.07, 6.45) is 1.60. The Bertz CT molecular complexity index is 834. The number of amides is 2. The number of ether oxygens (including phenoxy) is 3. The lowest BCUT2D eigenvalue weighted by atomic mass is 10.2. The molecule has 2 amide bonds. The summed E-state index contributed by atoms with van der Waals surface area (Å²) in [7, 11) is 4.65. The van der Waals surface area contributed by atoms with Crippen LogP contribution in [0.15, 0.2) is 47.6 Å². The van der Waals surface area contributed by atoms with Crippen molar-refractivity contribution in [3.8, 4) is 17.2 Å². The molecule has 2 aromatic rings. The van der Waals surface area contributed by atoms with Crippen LogP contribution in [0.25, 0.3) is 0 Å². The normalized spacial score (nSPS) is 10.4. The van der Waals surface area contributed by atoms with Crippen LogP contribution in [0.5, 0.6) is 17.2 Å². The molecule has 0 unspecified atom stereocenters. The van der Waals surface area contributed by atoms with E-state index in [1.165, 1.54) is 6.21 Å². The van der Waals surface area contributed by atoms with Crippen LogP contribution in [0, 0.1) is 0 Å². The minimum atomic E-state index is -0.313. The molecule has 8 heteroatoms. The lowest BCUT2D eigenvalue weighted by molar-refractivity contribution is -0.120. The molecule has 0 atom stereocenters. The number of hydrogen-bond donors (Lipinski definition) is 2. The molecule has 0 saturated heterocycles. The van der Waals surface area contributed by atoms with Crippen molar-refractivity contribution in [2.75, 3.05) is 27.9 Å². The van der Waals surface area contributed by atoms with Crippen molar-refractivity contribution in [1.82, 2.24) is 10.7 Å². The van der Waals surface area contributed by atoms with Gasteiger partial charge in [0.1, 0.15) is 5.75 Å². The van der Waals surface area contributed by atoms with Crippen LogP contribution >= 0.6 is 0 Å². The highest BCUT2D eigenvalue weighted by atomic mass is 16.5. The first-order valence-corrected chi connectivity index (χ1v) is 8.53. The summed E-state index contributed by atoms with van der Waals surface area (Å²) >= 11 is 0. The number of carbonyl (C=O) groups excluding carboxylic acids is 2. The molecule has 28 heavy (non-hydrogen) atoms. The molecule has 0 radical (unpaired) electrons. The molecule has 0 aliphatic carbocycles. The summed E-state index contributed by atoms with van der Waals surface area (Å²) in [5.74, 6) is 1.27. The number of methoxy groups -OCH3 is 3. The molecular weight excluding hydrogens is 362 g/mol. The van der Waals surface area contributed by atoms with Crippen LogP contribution in [0.3, 0.4) is 0 Å². The molecule has 0 spiro atoms. The number of nitrogens with zero attached hydrogens (tertiary/aromatic N) is 1. The largest absolute Gasteiger partial charge is 0.497 e. The minimum Gasteiger partial charge on any atom is -0.497 e. The molecule has 0 aromatic heterocycles. The second-order valence-corrected chi connectivity index (χ2v) is 5.64. The van der Waals surface area contributed by atoms with Gasteiger partial charge in [-0.25, -0.2) is 5.43 Å². The maximum absolute atomic E-state index is 12.0. The maximum atomic E-state index is 12.0.